The summed E-state index contributed by atoms with van der Waals surface area (Å²) in [7, 11) is 1.39. The number of rotatable bonds is 7. The number of carbonyl (C=O) groups is 2. The van der Waals surface area contributed by atoms with E-state index < -0.39 is 40.9 Å². The minimum Gasteiger partial charge on any atom is -0.493 e. The molecule has 3 heterocycles. The van der Waals surface area contributed by atoms with Gasteiger partial charge < -0.3 is 20.0 Å². The number of likely N-dealkylation sites (N-methyl/N-ethyl adjacent to an activating group) is 1. The monoisotopic (exact) mass is 629 g/mol. The number of hydroxylamine groups is 1. The molecule has 3 N–H and O–H groups in total. The fourth-order valence-corrected chi connectivity index (χ4v) is 6.15. The quantitative estimate of drug-likeness (QED) is 0.178. The van der Waals surface area contributed by atoms with Crippen LogP contribution in [0.15, 0.2) is 63.6 Å². The number of aliphatic carboxylic acids is 1. The fraction of sp³-hybridized carbons (Fsp3) is 0.414. The topological polar surface area (TPSA) is 135 Å². The molecule has 0 saturated carbocycles. The largest absolute Gasteiger partial charge is 0.493 e. The van der Waals surface area contributed by atoms with Gasteiger partial charge in [-0.2, -0.15) is 0 Å². The smallest absolute Gasteiger partial charge is 0.340 e. The molecule has 1 aliphatic carbocycles. The average molecular weight is 630 g/mol. The number of benzene rings is 1. The molecule has 44 heavy (non-hydrogen) atoms. The molecule has 1 saturated heterocycles. The summed E-state index contributed by atoms with van der Waals surface area (Å²) in [5.41, 5.74) is 3.62. The van der Waals surface area contributed by atoms with E-state index in [1.807, 2.05) is 32.0 Å². The lowest BCUT2D eigenvalue weighted by Crippen LogP contribution is -2.53. The maximum Gasteiger partial charge on any atom is 0.340 e. The first kappa shape index (κ1) is 31.2. The Morgan fingerprint density at radius 2 is 2.02 bits per heavy atom. The highest BCUT2D eigenvalue weighted by Crippen LogP contribution is 2.42. The number of thiocarbonyl (C=S) groups is 1. The molecule has 234 valence electrons. The number of ketones is 1. The van der Waals surface area contributed by atoms with Gasteiger partial charge in [-0.25, -0.2) is 19.1 Å². The number of carboxylic acid groups (broad SMARTS) is 1. The van der Waals surface area contributed by atoms with Crippen molar-refractivity contribution in [3.63, 3.8) is 0 Å². The Kier molecular flexibility index (Phi) is 8.81. The fourth-order valence-electron chi connectivity index (χ4n) is 6.02. The van der Waals surface area contributed by atoms with Gasteiger partial charge >= 0.3 is 5.97 Å². The van der Waals surface area contributed by atoms with Crippen molar-refractivity contribution in [3.8, 4) is 5.88 Å². The number of hydrogen-bond acceptors (Lipinski definition) is 9. The van der Waals surface area contributed by atoms with Gasteiger partial charge in [0.15, 0.2) is 11.5 Å². The second kappa shape index (κ2) is 12.4. The minimum atomic E-state index is -1.43. The van der Waals surface area contributed by atoms with Crippen LogP contribution in [0.1, 0.15) is 19.4 Å². The van der Waals surface area contributed by atoms with E-state index in [0.717, 1.165) is 23.4 Å². The number of aryl methyl sites for hydroxylation is 1. The lowest BCUT2D eigenvalue weighted by Gasteiger charge is -2.45. The number of carbonyl (C=O) groups excluding carboxylic acids is 1. The first-order valence-corrected chi connectivity index (χ1v) is 14.5. The standard InChI is InChI=1S/C29H33F2N7O5S/c1-5-35-13-19(28(41)42)26(39)18-11-20(30)25(22(31)24(18)35)36-8-9-37(16(3)12-36)14-38-21-7-6-15(2)10-17(21)23(27(38)40)32-33-29(44)34-43-4/h6-7,10-11,13,16,18,24,40H,5,8-9,12,14H2,1-4H3,(H,34,44)(H,41,42). The first-order chi connectivity index (χ1) is 21.0. The summed E-state index contributed by atoms with van der Waals surface area (Å²) in [4.78, 5) is 34.3. The van der Waals surface area contributed by atoms with Crippen LogP contribution in [0.5, 0.6) is 5.88 Å². The van der Waals surface area contributed by atoms with Gasteiger partial charge in [-0.05, 0) is 51.2 Å². The molecule has 2 aliphatic heterocycles. The van der Waals surface area contributed by atoms with E-state index in [-0.39, 0.29) is 54.7 Å². The summed E-state index contributed by atoms with van der Waals surface area (Å²) in [6.07, 6.45) is 2.18. The highest BCUT2D eigenvalue weighted by molar-refractivity contribution is 7.80. The average Bonchev–Trinajstić information content (AvgIpc) is 3.22. The highest BCUT2D eigenvalue weighted by atomic mass is 32.1. The zero-order valence-electron chi connectivity index (χ0n) is 24.6. The molecule has 12 nitrogen and oxygen atoms in total. The lowest BCUT2D eigenvalue weighted by atomic mass is 9.82. The van der Waals surface area contributed by atoms with Crippen molar-refractivity contribution in [1.82, 2.24) is 24.7 Å². The predicted molar refractivity (Wildman–Crippen MR) is 161 cm³/mol. The van der Waals surface area contributed by atoms with Gasteiger partial charge in [-0.3, -0.25) is 19.1 Å². The summed E-state index contributed by atoms with van der Waals surface area (Å²) in [5.74, 6) is -5.32. The maximum atomic E-state index is 16.1. The van der Waals surface area contributed by atoms with Crippen LogP contribution in [-0.4, -0.2) is 91.7 Å². The van der Waals surface area contributed by atoms with E-state index in [9.17, 15) is 19.8 Å². The second-order valence-corrected chi connectivity index (χ2v) is 11.3. The molecule has 3 unspecified atom stereocenters. The van der Waals surface area contributed by atoms with E-state index in [1.54, 1.807) is 16.4 Å². The van der Waals surface area contributed by atoms with Gasteiger partial charge in [-0.1, -0.05) is 11.6 Å². The number of aromatic nitrogens is 1. The molecule has 5 rings (SSSR count). The first-order valence-electron chi connectivity index (χ1n) is 14.0. The van der Waals surface area contributed by atoms with Gasteiger partial charge in [-0.15, -0.1) is 10.2 Å². The van der Waals surface area contributed by atoms with Crippen molar-refractivity contribution in [2.45, 2.75) is 39.5 Å². The molecule has 1 aromatic heterocycles. The lowest BCUT2D eigenvalue weighted by molar-refractivity contribution is -0.136. The van der Waals surface area contributed by atoms with Gasteiger partial charge in [0, 0.05) is 43.8 Å². The summed E-state index contributed by atoms with van der Waals surface area (Å²) in [5, 5.41) is 29.4. The van der Waals surface area contributed by atoms with Crippen molar-refractivity contribution < 1.29 is 33.4 Å². The summed E-state index contributed by atoms with van der Waals surface area (Å²) < 4.78 is 33.3. The number of nitrogens with one attached hydrogen (secondary N) is 1. The molecular weight excluding hydrogens is 596 g/mol. The molecular formula is C29H33F2N7O5S. The van der Waals surface area contributed by atoms with Gasteiger partial charge in [0.2, 0.25) is 11.0 Å². The summed E-state index contributed by atoms with van der Waals surface area (Å²) >= 11 is 5.04. The number of halogens is 2. The molecule has 3 aliphatic rings. The minimum absolute atomic E-state index is 0.0138. The molecule has 1 fully saturated rings. The molecule has 0 bridgehead atoms. The summed E-state index contributed by atoms with van der Waals surface area (Å²) in [6, 6.07) is 4.37. The number of nitrogens with zero attached hydrogens (tertiary/aromatic N) is 6. The predicted octanol–water partition coefficient (Wildman–Crippen LogP) is 4.04. The van der Waals surface area contributed by atoms with Crippen LogP contribution < -0.4 is 5.48 Å². The number of hydrogen-bond donors (Lipinski definition) is 3. The molecule has 15 heteroatoms. The Balaban J connectivity index is 1.39. The van der Waals surface area contributed by atoms with Crippen LogP contribution in [-0.2, 0) is 21.1 Å². The van der Waals surface area contributed by atoms with Gasteiger partial charge in [0.05, 0.1) is 31.3 Å². The molecule has 3 atom stereocenters. The van der Waals surface area contributed by atoms with Crippen molar-refractivity contribution in [2.75, 3.05) is 33.3 Å². The normalized spacial score (nSPS) is 22.9. The van der Waals surface area contributed by atoms with Crippen LogP contribution in [0.25, 0.3) is 10.9 Å². The highest BCUT2D eigenvalue weighted by Gasteiger charge is 2.46. The van der Waals surface area contributed by atoms with Gasteiger partial charge in [0.1, 0.15) is 22.9 Å². The number of fused-ring (bicyclic) bond motifs is 2. The van der Waals surface area contributed by atoms with Crippen molar-refractivity contribution in [2.24, 2.45) is 16.1 Å². The van der Waals surface area contributed by atoms with Crippen LogP contribution in [0.2, 0.25) is 0 Å². The Bertz CT molecular complexity index is 1650. The Morgan fingerprint density at radius 1 is 1.27 bits per heavy atom. The van der Waals surface area contributed by atoms with E-state index >= 15 is 8.78 Å². The van der Waals surface area contributed by atoms with Crippen molar-refractivity contribution in [1.29, 1.82) is 0 Å². The third-order valence-electron chi connectivity index (χ3n) is 8.19. The third-order valence-corrected chi connectivity index (χ3v) is 8.36. The molecule has 0 radical (unpaired) electrons. The Labute approximate surface area is 257 Å². The van der Waals surface area contributed by atoms with Crippen molar-refractivity contribution in [3.05, 3.63) is 59.0 Å². The van der Waals surface area contributed by atoms with Crippen molar-refractivity contribution >= 4 is 45.7 Å². The number of azo groups is 1. The van der Waals surface area contributed by atoms with Crippen LogP contribution in [0.4, 0.5) is 14.5 Å². The Hall–Kier alpha value is -4.21. The SMILES string of the molecule is CCN1C=C(C(=O)O)C(=O)C2C=C(F)C(N3CCN(Cn4c(O)c(N=NC(=S)NOC)c5cc(C)ccc54)C(C)C3)=C(F)C21. The Morgan fingerprint density at radius 3 is 2.68 bits per heavy atom. The molecule has 1 aromatic carbocycles. The molecule has 2 aromatic rings. The number of piperazine rings is 1. The summed E-state index contributed by atoms with van der Waals surface area (Å²) in [6.45, 7) is 6.99. The van der Waals surface area contributed by atoms with E-state index in [1.165, 1.54) is 12.0 Å². The zero-order chi connectivity index (χ0) is 31.9. The van der Waals surface area contributed by atoms with E-state index in [4.69, 9.17) is 17.1 Å². The molecule has 0 amide bonds. The zero-order valence-corrected chi connectivity index (χ0v) is 25.4. The van der Waals surface area contributed by atoms with Crippen LogP contribution >= 0.6 is 12.2 Å². The van der Waals surface area contributed by atoms with Crippen LogP contribution in [0.3, 0.4) is 0 Å². The second-order valence-electron chi connectivity index (χ2n) is 10.9. The number of allylic oxidation sites excluding steroid dienone is 1. The van der Waals surface area contributed by atoms with Gasteiger partial charge in [0.25, 0.3) is 0 Å². The number of Topliss-reactive ketones (excluding diaryl/α,β-unsaturated/α-hetero) is 1. The number of aromatic hydroxyl groups is 1. The molecule has 0 spiro atoms. The van der Waals surface area contributed by atoms with Crippen LogP contribution in [0, 0.1) is 12.8 Å². The maximum absolute atomic E-state index is 16.1. The number of carboxylic acids is 1. The van der Waals surface area contributed by atoms with E-state index in [0.29, 0.717) is 11.9 Å². The third kappa shape index (κ3) is 5.57. The van der Waals surface area contributed by atoms with E-state index in [2.05, 4.69) is 20.6 Å².